The Morgan fingerprint density at radius 3 is 2.46 bits per heavy atom. The summed E-state index contributed by atoms with van der Waals surface area (Å²) in [4.78, 5) is 31.1. The highest BCUT2D eigenvalue weighted by molar-refractivity contribution is 6.32. The third-order valence-electron chi connectivity index (χ3n) is 7.24. The number of nitrogens with zero attached hydrogens (tertiary/aromatic N) is 3. The topological polar surface area (TPSA) is 104 Å². The third kappa shape index (κ3) is 6.87. The summed E-state index contributed by atoms with van der Waals surface area (Å²) < 4.78 is 31.2. The van der Waals surface area contributed by atoms with Crippen LogP contribution in [0.15, 0.2) is 82.7 Å². The molecule has 0 radical (unpaired) electrons. The zero-order chi connectivity index (χ0) is 33.0. The average molecular weight is 643 g/mol. The van der Waals surface area contributed by atoms with Gasteiger partial charge in [-0.25, -0.2) is 9.37 Å². The predicted octanol–water partition coefficient (Wildman–Crippen LogP) is 7.20. The number of aryl methyl sites for hydroxylation is 1. The minimum atomic E-state index is -0.472. The van der Waals surface area contributed by atoms with Crippen molar-refractivity contribution < 1.29 is 23.4 Å². The van der Waals surface area contributed by atoms with Crippen LogP contribution < -0.4 is 25.1 Å². The zero-order valence-corrected chi connectivity index (χ0v) is 26.7. The maximum absolute atomic E-state index is 13.8. The van der Waals surface area contributed by atoms with E-state index in [1.165, 1.54) is 42.3 Å². The van der Waals surface area contributed by atoms with E-state index in [0.29, 0.717) is 28.0 Å². The van der Waals surface area contributed by atoms with Gasteiger partial charge in [0, 0.05) is 11.3 Å². The molecule has 4 aromatic carbocycles. The van der Waals surface area contributed by atoms with Gasteiger partial charge in [-0.05, 0) is 90.2 Å². The number of carbonyl (C=O) groups is 1. The van der Waals surface area contributed by atoms with E-state index in [0.717, 1.165) is 22.4 Å². The number of rotatable bonds is 10. The van der Waals surface area contributed by atoms with Crippen LogP contribution in [0.3, 0.4) is 0 Å². The Morgan fingerprint density at radius 2 is 1.76 bits per heavy atom. The first-order chi connectivity index (χ1) is 22.1. The van der Waals surface area contributed by atoms with E-state index in [1.807, 2.05) is 25.1 Å². The lowest BCUT2D eigenvalue weighted by Gasteiger charge is -2.17. The van der Waals surface area contributed by atoms with Gasteiger partial charge >= 0.3 is 0 Å². The van der Waals surface area contributed by atoms with Crippen molar-refractivity contribution in [1.82, 2.24) is 9.66 Å². The number of para-hydroxylation sites is 1. The van der Waals surface area contributed by atoms with Crippen molar-refractivity contribution in [1.29, 1.82) is 0 Å². The van der Waals surface area contributed by atoms with E-state index in [2.05, 4.69) is 24.3 Å². The summed E-state index contributed by atoms with van der Waals surface area (Å²) in [5.41, 5.74) is 3.70. The van der Waals surface area contributed by atoms with Crippen LogP contribution >= 0.6 is 11.6 Å². The molecule has 236 valence electrons. The highest BCUT2D eigenvalue weighted by atomic mass is 35.5. The van der Waals surface area contributed by atoms with E-state index in [1.54, 1.807) is 37.4 Å². The number of halogens is 2. The molecule has 1 heterocycles. The average Bonchev–Trinajstić information content (AvgIpc) is 3.04. The number of aromatic nitrogens is 2. The van der Waals surface area contributed by atoms with Gasteiger partial charge in [0.2, 0.25) is 0 Å². The van der Waals surface area contributed by atoms with Gasteiger partial charge in [-0.1, -0.05) is 37.6 Å². The quantitative estimate of drug-likeness (QED) is 0.162. The molecule has 5 rings (SSSR count). The van der Waals surface area contributed by atoms with Crippen LogP contribution in [-0.4, -0.2) is 42.6 Å². The maximum Gasteiger partial charge on any atom is 0.282 e. The normalized spacial score (nSPS) is 11.3. The number of nitrogens with one attached hydrogen (secondary N) is 1. The number of hydrogen-bond donors (Lipinski definition) is 1. The molecular formula is C35H32ClFN4O5. The highest BCUT2D eigenvalue weighted by Crippen LogP contribution is 2.37. The second-order valence-electron chi connectivity index (χ2n) is 10.8. The fourth-order valence-corrected chi connectivity index (χ4v) is 5.19. The van der Waals surface area contributed by atoms with Gasteiger partial charge in [-0.2, -0.15) is 9.78 Å². The predicted molar refractivity (Wildman–Crippen MR) is 178 cm³/mol. The first-order valence-corrected chi connectivity index (χ1v) is 14.8. The second-order valence-corrected chi connectivity index (χ2v) is 11.2. The van der Waals surface area contributed by atoms with E-state index >= 15 is 0 Å². The van der Waals surface area contributed by atoms with Crippen molar-refractivity contribution in [2.45, 2.75) is 26.7 Å². The molecule has 5 aromatic rings. The Hall–Kier alpha value is -5.22. The lowest BCUT2D eigenvalue weighted by atomic mass is 9.96. The number of fused-ring (bicyclic) bond motifs is 1. The summed E-state index contributed by atoms with van der Waals surface area (Å²) in [6, 6.07) is 19.6. The molecule has 0 aliphatic rings. The minimum absolute atomic E-state index is 0.149. The Kier molecular flexibility index (Phi) is 9.67. The van der Waals surface area contributed by atoms with Gasteiger partial charge in [-0.15, -0.1) is 0 Å². The zero-order valence-electron chi connectivity index (χ0n) is 25.9. The van der Waals surface area contributed by atoms with Gasteiger partial charge < -0.3 is 19.5 Å². The van der Waals surface area contributed by atoms with Crippen molar-refractivity contribution >= 4 is 40.3 Å². The number of carbonyl (C=O) groups excluding carboxylic acids is 1. The summed E-state index contributed by atoms with van der Waals surface area (Å²) in [5, 5.41) is 7.77. The Morgan fingerprint density at radius 1 is 1.04 bits per heavy atom. The molecule has 1 amide bonds. The monoisotopic (exact) mass is 642 g/mol. The largest absolute Gasteiger partial charge is 0.496 e. The molecule has 0 spiro atoms. The van der Waals surface area contributed by atoms with E-state index in [-0.39, 0.29) is 34.6 Å². The molecular weight excluding hydrogens is 611 g/mol. The minimum Gasteiger partial charge on any atom is -0.496 e. The molecule has 0 saturated carbocycles. The second kappa shape index (κ2) is 13.8. The standard InChI is InChI=1S/C35H32ClFN4O5/c1-20(2)26-17-27(21(3)14-30(26)44-4)34-40-29-9-7-6-8-25(29)35(43)41(34)38-18-22-15-28(36)33(31(16-22)45-5)46-19-32(42)39-24-12-10-23(37)11-13-24/h6-18,20H,19H2,1-5H3,(H,39,42). The SMILES string of the molecule is COc1cc(C)c(-c2nc3ccccc3c(=O)n2N=Cc2cc(Cl)c(OCC(=O)Nc3ccc(F)cc3)c(OC)c2)cc1C(C)C. The number of anilines is 1. The van der Waals surface area contributed by atoms with Crippen LogP contribution in [0.4, 0.5) is 10.1 Å². The highest BCUT2D eigenvalue weighted by Gasteiger charge is 2.19. The van der Waals surface area contributed by atoms with Crippen LogP contribution in [0.25, 0.3) is 22.3 Å². The molecule has 46 heavy (non-hydrogen) atoms. The lowest BCUT2D eigenvalue weighted by Crippen LogP contribution is -2.21. The van der Waals surface area contributed by atoms with Gasteiger partial charge in [0.1, 0.15) is 11.6 Å². The van der Waals surface area contributed by atoms with Crippen molar-refractivity contribution in [3.63, 3.8) is 0 Å². The summed E-state index contributed by atoms with van der Waals surface area (Å²) in [5.74, 6) is 0.793. The maximum atomic E-state index is 13.8. The summed E-state index contributed by atoms with van der Waals surface area (Å²) in [6.07, 6.45) is 1.48. The third-order valence-corrected chi connectivity index (χ3v) is 7.52. The van der Waals surface area contributed by atoms with Crippen molar-refractivity contribution in [3.8, 4) is 28.6 Å². The van der Waals surface area contributed by atoms with Crippen molar-refractivity contribution in [2.24, 2.45) is 5.10 Å². The number of ether oxygens (including phenoxy) is 3. The molecule has 0 atom stereocenters. The number of methoxy groups -OCH3 is 2. The van der Waals surface area contributed by atoms with Crippen LogP contribution in [0.2, 0.25) is 5.02 Å². The summed E-state index contributed by atoms with van der Waals surface area (Å²) in [7, 11) is 3.07. The molecule has 0 aliphatic carbocycles. The first kappa shape index (κ1) is 32.2. The van der Waals surface area contributed by atoms with Crippen molar-refractivity contribution in [2.75, 3.05) is 26.1 Å². The molecule has 0 bridgehead atoms. The summed E-state index contributed by atoms with van der Waals surface area (Å²) in [6.45, 7) is 5.69. The molecule has 0 aliphatic heterocycles. The first-order valence-electron chi connectivity index (χ1n) is 14.4. The van der Waals surface area contributed by atoms with E-state index < -0.39 is 11.7 Å². The molecule has 1 aromatic heterocycles. The molecule has 0 unspecified atom stereocenters. The molecule has 9 nitrogen and oxygen atoms in total. The van der Waals surface area contributed by atoms with E-state index in [4.69, 9.17) is 30.8 Å². The number of amides is 1. The fourth-order valence-electron chi connectivity index (χ4n) is 4.92. The molecule has 0 fully saturated rings. The Bertz CT molecular complexity index is 2010. The van der Waals surface area contributed by atoms with Crippen LogP contribution in [0.5, 0.6) is 17.2 Å². The van der Waals surface area contributed by atoms with Gasteiger partial charge in [0.25, 0.3) is 11.5 Å². The molecule has 11 heteroatoms. The Balaban J connectivity index is 1.50. The van der Waals surface area contributed by atoms with Crippen LogP contribution in [0, 0.1) is 12.7 Å². The van der Waals surface area contributed by atoms with Gasteiger partial charge in [0.05, 0.1) is 36.4 Å². The number of hydrogen-bond acceptors (Lipinski definition) is 7. The van der Waals surface area contributed by atoms with Gasteiger partial charge in [0.15, 0.2) is 23.9 Å². The summed E-state index contributed by atoms with van der Waals surface area (Å²) >= 11 is 6.56. The molecule has 0 saturated heterocycles. The van der Waals surface area contributed by atoms with Crippen LogP contribution in [0.1, 0.15) is 36.5 Å². The van der Waals surface area contributed by atoms with Crippen LogP contribution in [-0.2, 0) is 4.79 Å². The van der Waals surface area contributed by atoms with Gasteiger partial charge in [-0.3, -0.25) is 9.59 Å². The molecule has 1 N–H and O–H groups in total. The Labute approximate surface area is 270 Å². The fraction of sp³-hybridized carbons (Fsp3) is 0.200. The van der Waals surface area contributed by atoms with Crippen molar-refractivity contribution in [3.05, 3.63) is 111 Å². The van der Waals surface area contributed by atoms with E-state index in [9.17, 15) is 14.0 Å². The number of benzene rings is 4. The smallest absolute Gasteiger partial charge is 0.282 e. The lowest BCUT2D eigenvalue weighted by molar-refractivity contribution is -0.118.